The van der Waals surface area contributed by atoms with Gasteiger partial charge in [0.15, 0.2) is 0 Å². The minimum atomic E-state index is -5.98. The number of anilines is 1. The molecule has 0 saturated carbocycles. The first kappa shape index (κ1) is 23.7. The van der Waals surface area contributed by atoms with Crippen LogP contribution in [-0.4, -0.2) is 23.9 Å². The Hall–Kier alpha value is -3.96. The number of hydrogen-bond donors (Lipinski definition) is 2. The second-order valence-electron chi connectivity index (χ2n) is 6.48. The number of aromatic amines is 1. The maximum atomic E-state index is 14.3. The molecule has 0 unspecified atom stereocenters. The van der Waals surface area contributed by atoms with Gasteiger partial charge in [0.05, 0.1) is 11.1 Å². The van der Waals surface area contributed by atoms with Crippen LogP contribution in [0.1, 0.15) is 15.9 Å². The molecule has 1 aromatic heterocycles. The smallest absolute Gasteiger partial charge is 0.458 e. The molecular formula is C21H14F6N2O4. The lowest BCUT2D eigenvalue weighted by atomic mass is 10.0. The molecule has 0 aliphatic rings. The molecule has 174 valence electrons. The number of nitrogens with one attached hydrogen (secondary N) is 2. The summed E-state index contributed by atoms with van der Waals surface area (Å²) in [7, 11) is 0. The Labute approximate surface area is 181 Å². The van der Waals surface area contributed by atoms with E-state index < -0.39 is 47.3 Å². The Morgan fingerprint density at radius 1 is 0.970 bits per heavy atom. The maximum Gasteiger partial charge on any atom is 0.458 e. The van der Waals surface area contributed by atoms with Crippen LogP contribution in [0.5, 0.6) is 17.2 Å². The number of para-hydroxylation sites is 1. The van der Waals surface area contributed by atoms with Gasteiger partial charge in [0, 0.05) is 18.0 Å². The lowest BCUT2D eigenvalue weighted by Gasteiger charge is -2.24. The second-order valence-corrected chi connectivity index (χ2v) is 6.48. The first-order valence-electron chi connectivity index (χ1n) is 9.07. The number of aromatic nitrogens is 1. The minimum Gasteiger partial charge on any atom is -0.463 e. The summed E-state index contributed by atoms with van der Waals surface area (Å²) >= 11 is 0. The lowest BCUT2D eigenvalue weighted by Crippen LogP contribution is -2.34. The number of benzene rings is 2. The number of H-pyrrole nitrogens is 1. The largest absolute Gasteiger partial charge is 0.463 e. The van der Waals surface area contributed by atoms with Crippen LogP contribution in [0, 0.1) is 0 Å². The number of hydrogen-bond acceptors (Lipinski definition) is 4. The van der Waals surface area contributed by atoms with Gasteiger partial charge in [-0.3, -0.25) is 9.59 Å². The summed E-state index contributed by atoms with van der Waals surface area (Å²) in [4.78, 5) is 26.4. The van der Waals surface area contributed by atoms with Crippen LogP contribution in [-0.2, 0) is 5.92 Å². The number of carbonyl (C=O) groups excluding carboxylic acids is 1. The summed E-state index contributed by atoms with van der Waals surface area (Å²) in [6.45, 7) is -1.15. The van der Waals surface area contributed by atoms with Gasteiger partial charge in [-0.1, -0.05) is 6.07 Å². The van der Waals surface area contributed by atoms with Crippen molar-refractivity contribution in [1.29, 1.82) is 0 Å². The maximum absolute atomic E-state index is 14.3. The highest BCUT2D eigenvalue weighted by molar-refractivity contribution is 6.06. The molecule has 0 aliphatic heterocycles. The Morgan fingerprint density at radius 3 is 2.24 bits per heavy atom. The van der Waals surface area contributed by atoms with Gasteiger partial charge >= 0.3 is 12.1 Å². The molecule has 12 heteroatoms. The third-order valence-electron chi connectivity index (χ3n) is 4.25. The quantitative estimate of drug-likeness (QED) is 0.453. The summed E-state index contributed by atoms with van der Waals surface area (Å²) in [5.41, 5.74) is -2.87. The third-order valence-corrected chi connectivity index (χ3v) is 4.25. The molecule has 0 atom stereocenters. The summed E-state index contributed by atoms with van der Waals surface area (Å²) in [6.07, 6.45) is -4.78. The number of amides is 1. The van der Waals surface area contributed by atoms with Crippen molar-refractivity contribution in [2.24, 2.45) is 0 Å². The number of ether oxygens (including phenoxy) is 2. The van der Waals surface area contributed by atoms with Crippen molar-refractivity contribution in [3.05, 3.63) is 82.3 Å². The molecule has 0 fully saturated rings. The predicted octanol–water partition coefficient (Wildman–Crippen LogP) is 5.38. The molecule has 2 N–H and O–H groups in total. The van der Waals surface area contributed by atoms with E-state index in [4.69, 9.17) is 4.74 Å². The Balaban J connectivity index is 2.07. The van der Waals surface area contributed by atoms with Gasteiger partial charge in [0.25, 0.3) is 5.91 Å². The Kier molecular flexibility index (Phi) is 6.65. The highest BCUT2D eigenvalue weighted by atomic mass is 19.4. The van der Waals surface area contributed by atoms with Crippen molar-refractivity contribution in [1.82, 2.24) is 4.98 Å². The summed E-state index contributed by atoms with van der Waals surface area (Å²) in [5, 5.41) is 2.24. The number of pyridine rings is 1. The molecule has 0 radical (unpaired) electrons. The fraction of sp³-hybridized carbons (Fsp3) is 0.143. The SMILES string of the molecule is O=C(Nc1cc[nH]c(=O)c1)c1cccc(C(F)(F)C(F)(F)F)c1Oc1ccc(OCF)cc1. The average molecular weight is 472 g/mol. The van der Waals surface area contributed by atoms with E-state index in [0.717, 1.165) is 30.3 Å². The first-order valence-corrected chi connectivity index (χ1v) is 9.07. The molecule has 3 rings (SSSR count). The van der Waals surface area contributed by atoms with E-state index >= 15 is 0 Å². The topological polar surface area (TPSA) is 80.4 Å². The van der Waals surface area contributed by atoms with E-state index in [9.17, 15) is 35.9 Å². The normalized spacial score (nSPS) is 11.7. The van der Waals surface area contributed by atoms with Crippen LogP contribution >= 0.6 is 0 Å². The van der Waals surface area contributed by atoms with Crippen molar-refractivity contribution in [3.63, 3.8) is 0 Å². The van der Waals surface area contributed by atoms with E-state index in [1.165, 1.54) is 24.4 Å². The van der Waals surface area contributed by atoms with E-state index in [0.29, 0.717) is 6.07 Å². The van der Waals surface area contributed by atoms with Crippen molar-refractivity contribution < 1.29 is 40.6 Å². The van der Waals surface area contributed by atoms with E-state index in [1.807, 2.05) is 0 Å². The van der Waals surface area contributed by atoms with Crippen molar-refractivity contribution in [2.75, 3.05) is 12.2 Å². The minimum absolute atomic E-state index is 0.0320. The van der Waals surface area contributed by atoms with Crippen LogP contribution < -0.4 is 20.3 Å². The highest BCUT2D eigenvalue weighted by Crippen LogP contribution is 2.48. The summed E-state index contributed by atoms with van der Waals surface area (Å²) < 4.78 is 90.0. The van der Waals surface area contributed by atoms with Gasteiger partial charge in [-0.25, -0.2) is 4.39 Å². The Bertz CT molecular complexity index is 1190. The Morgan fingerprint density at radius 2 is 1.64 bits per heavy atom. The van der Waals surface area contributed by atoms with Gasteiger partial charge in [0.1, 0.15) is 17.2 Å². The first-order chi connectivity index (χ1) is 15.5. The lowest BCUT2D eigenvalue weighted by molar-refractivity contribution is -0.289. The van der Waals surface area contributed by atoms with Crippen molar-refractivity contribution >= 4 is 11.6 Å². The van der Waals surface area contributed by atoms with E-state index in [1.54, 1.807) is 0 Å². The molecule has 1 heterocycles. The van der Waals surface area contributed by atoms with Crippen LogP contribution in [0.2, 0.25) is 0 Å². The zero-order valence-corrected chi connectivity index (χ0v) is 16.4. The number of carbonyl (C=O) groups is 1. The molecule has 0 spiro atoms. The van der Waals surface area contributed by atoms with Crippen LogP contribution in [0.15, 0.2) is 65.6 Å². The van der Waals surface area contributed by atoms with E-state index in [-0.39, 0.29) is 17.2 Å². The molecule has 2 aromatic carbocycles. The zero-order chi connectivity index (χ0) is 24.2. The van der Waals surface area contributed by atoms with Crippen LogP contribution in [0.4, 0.5) is 32.0 Å². The molecule has 33 heavy (non-hydrogen) atoms. The molecule has 1 amide bonds. The fourth-order valence-corrected chi connectivity index (χ4v) is 2.73. The van der Waals surface area contributed by atoms with Gasteiger partial charge < -0.3 is 19.8 Å². The van der Waals surface area contributed by atoms with Crippen molar-refractivity contribution in [2.45, 2.75) is 12.1 Å². The molecule has 3 aromatic rings. The van der Waals surface area contributed by atoms with Gasteiger partial charge in [-0.15, -0.1) is 0 Å². The zero-order valence-electron chi connectivity index (χ0n) is 16.4. The van der Waals surface area contributed by atoms with Crippen LogP contribution in [0.25, 0.3) is 0 Å². The number of halogens is 6. The molecule has 0 saturated heterocycles. The van der Waals surface area contributed by atoms with E-state index in [2.05, 4.69) is 15.0 Å². The highest BCUT2D eigenvalue weighted by Gasteiger charge is 2.60. The summed E-state index contributed by atoms with van der Waals surface area (Å²) in [6, 6.07) is 9.20. The average Bonchev–Trinajstić information content (AvgIpc) is 2.74. The van der Waals surface area contributed by atoms with Gasteiger partial charge in [0.2, 0.25) is 12.4 Å². The van der Waals surface area contributed by atoms with Crippen molar-refractivity contribution in [3.8, 4) is 17.2 Å². The number of rotatable bonds is 7. The predicted molar refractivity (Wildman–Crippen MR) is 105 cm³/mol. The molecule has 0 aliphatic carbocycles. The number of alkyl halides is 6. The monoisotopic (exact) mass is 472 g/mol. The summed E-state index contributed by atoms with van der Waals surface area (Å²) in [5.74, 6) is -7.70. The standard InChI is InChI=1S/C21H14F6N2O4/c22-11-32-13-4-6-14(7-5-13)33-18-15(19(31)29-12-8-9-28-17(30)10-12)2-1-3-16(18)20(23,24)21(25,26)27/h1-10H,11H2,(H2,28,29,30,31). The van der Waals surface area contributed by atoms with Crippen LogP contribution in [0.3, 0.4) is 0 Å². The van der Waals surface area contributed by atoms with Gasteiger partial charge in [-0.05, 0) is 42.5 Å². The fourth-order valence-electron chi connectivity index (χ4n) is 2.73. The van der Waals surface area contributed by atoms with Gasteiger partial charge in [-0.2, -0.15) is 22.0 Å². The molecule has 6 nitrogen and oxygen atoms in total. The molecular weight excluding hydrogens is 458 g/mol. The molecule has 0 bridgehead atoms. The third kappa shape index (κ3) is 5.27. The second kappa shape index (κ2) is 9.27.